The van der Waals surface area contributed by atoms with Gasteiger partial charge in [-0.15, -0.1) is 0 Å². The molecule has 2 atom stereocenters. The van der Waals surface area contributed by atoms with Crippen LogP contribution in [0.15, 0.2) is 55.1 Å². The lowest BCUT2D eigenvalue weighted by atomic mass is 9.87. The van der Waals surface area contributed by atoms with Gasteiger partial charge in [-0.3, -0.25) is 4.90 Å². The molecule has 0 aromatic carbocycles. The Kier molecular flexibility index (Phi) is 9.75. The molecule has 4 aromatic heterocycles. The molecule has 11 nitrogen and oxygen atoms in total. The van der Waals surface area contributed by atoms with Gasteiger partial charge in [0, 0.05) is 61.3 Å². The number of aliphatic hydroxyl groups is 1. The summed E-state index contributed by atoms with van der Waals surface area (Å²) in [4.78, 5) is 22.4. The summed E-state index contributed by atoms with van der Waals surface area (Å²) in [6, 6.07) is 9.95. The lowest BCUT2D eigenvalue weighted by Crippen LogP contribution is -2.68. The highest BCUT2D eigenvalue weighted by molar-refractivity contribution is 6.34. The number of rotatable bonds is 9. The summed E-state index contributed by atoms with van der Waals surface area (Å²) in [6.45, 7) is 3.04. The van der Waals surface area contributed by atoms with Gasteiger partial charge in [-0.25, -0.2) is 19.3 Å². The van der Waals surface area contributed by atoms with Crippen LogP contribution in [0.1, 0.15) is 25.8 Å². The predicted octanol–water partition coefficient (Wildman–Crippen LogP) is 5.29. The molecule has 0 radical (unpaired) electrons. The van der Waals surface area contributed by atoms with E-state index < -0.39 is 24.4 Å². The first-order chi connectivity index (χ1) is 22.1. The summed E-state index contributed by atoms with van der Waals surface area (Å²) in [7, 11) is 0. The van der Waals surface area contributed by atoms with Crippen LogP contribution < -0.4 is 14.4 Å². The zero-order valence-electron chi connectivity index (χ0n) is 25.0. The van der Waals surface area contributed by atoms with Gasteiger partial charge in [-0.1, -0.05) is 17.7 Å². The Bertz CT molecular complexity index is 1690. The van der Waals surface area contributed by atoms with Gasteiger partial charge in [0.05, 0.1) is 28.5 Å². The van der Waals surface area contributed by atoms with Crippen molar-refractivity contribution < 1.29 is 46.4 Å². The molecule has 3 aliphatic rings. The van der Waals surface area contributed by atoms with Crippen LogP contribution in [0.2, 0.25) is 5.02 Å². The molecular weight excluding hydrogens is 655 g/mol. The highest BCUT2D eigenvalue weighted by atomic mass is 35.5. The number of piperazine rings is 1. The van der Waals surface area contributed by atoms with E-state index >= 15 is 0 Å². The highest BCUT2D eigenvalue weighted by Crippen LogP contribution is 2.37. The maximum atomic E-state index is 12.4. The minimum atomic E-state index is -5.08. The third-order valence-electron chi connectivity index (χ3n) is 7.48. The van der Waals surface area contributed by atoms with Crippen molar-refractivity contribution in [1.82, 2.24) is 24.5 Å². The third kappa shape index (κ3) is 8.36. The molecule has 2 unspecified atom stereocenters. The maximum Gasteiger partial charge on any atom is 0.490 e. The standard InChI is InChI=1S/C28H29ClF2N6O3.C2HF3O2/c1-28(2,38)16-39-21-8-22(26-23(29)11-34-37(26)15-21)18-4-5-24(32-10-18)35-13-19-7-20(14-35)36(19)12-17-3-6-25(33-9-17)40-27(30)31;3-2(4,5)1(6)7/h3-6,8-11,15,19-20,27,38H,7,12-14,16H2,1-2H3;(H,6,7). The van der Waals surface area contributed by atoms with Gasteiger partial charge in [-0.05, 0) is 44.0 Å². The van der Waals surface area contributed by atoms with E-state index in [9.17, 15) is 27.1 Å². The number of piperidine rings is 1. The number of aliphatic carboxylic acids is 1. The number of hydrogen-bond acceptors (Lipinski definition) is 9. The number of halogens is 6. The quantitative estimate of drug-likeness (QED) is 0.225. The number of carboxylic acids is 1. The second-order valence-corrected chi connectivity index (χ2v) is 12.1. The predicted molar refractivity (Wildman–Crippen MR) is 160 cm³/mol. The number of nitrogens with zero attached hydrogens (tertiary/aromatic N) is 6. The zero-order chi connectivity index (χ0) is 34.1. The van der Waals surface area contributed by atoms with Gasteiger partial charge in [0.2, 0.25) is 5.88 Å². The fourth-order valence-electron chi connectivity index (χ4n) is 5.36. The molecule has 4 aromatic rings. The van der Waals surface area contributed by atoms with E-state index in [0.29, 0.717) is 29.4 Å². The van der Waals surface area contributed by atoms with E-state index in [1.54, 1.807) is 43.0 Å². The molecule has 2 N–H and O–H groups in total. The summed E-state index contributed by atoms with van der Waals surface area (Å²) in [5, 5.41) is 22.1. The number of carbonyl (C=O) groups is 1. The minimum Gasteiger partial charge on any atom is -0.489 e. The highest BCUT2D eigenvalue weighted by Gasteiger charge is 2.44. The molecule has 47 heavy (non-hydrogen) atoms. The van der Waals surface area contributed by atoms with Crippen molar-refractivity contribution in [2.24, 2.45) is 0 Å². The van der Waals surface area contributed by atoms with Crippen LogP contribution in [0, 0.1) is 0 Å². The van der Waals surface area contributed by atoms with E-state index in [4.69, 9.17) is 31.2 Å². The van der Waals surface area contributed by atoms with Crippen LogP contribution in [0.25, 0.3) is 16.6 Å². The lowest BCUT2D eigenvalue weighted by molar-refractivity contribution is -0.192. The molecule has 17 heteroatoms. The molecule has 0 aliphatic carbocycles. The summed E-state index contributed by atoms with van der Waals surface area (Å²) < 4.78 is 68.3. The Labute approximate surface area is 270 Å². The first-order valence-corrected chi connectivity index (χ1v) is 14.6. The molecule has 3 fully saturated rings. The van der Waals surface area contributed by atoms with Crippen molar-refractivity contribution in [2.75, 3.05) is 24.6 Å². The Hall–Kier alpha value is -4.28. The van der Waals surface area contributed by atoms with Crippen LogP contribution >= 0.6 is 11.6 Å². The molecule has 0 spiro atoms. The van der Waals surface area contributed by atoms with E-state index in [1.807, 2.05) is 24.4 Å². The fraction of sp³-hybridized carbons (Fsp3) is 0.400. The van der Waals surface area contributed by atoms with E-state index in [0.717, 1.165) is 47.5 Å². The summed E-state index contributed by atoms with van der Waals surface area (Å²) in [6.07, 6.45) is 2.80. The molecule has 0 amide bonds. The van der Waals surface area contributed by atoms with Gasteiger partial charge in [-0.2, -0.15) is 27.1 Å². The van der Waals surface area contributed by atoms with Gasteiger partial charge < -0.3 is 24.6 Å². The molecule has 3 aliphatic heterocycles. The Morgan fingerprint density at radius 2 is 1.79 bits per heavy atom. The Morgan fingerprint density at radius 1 is 1.09 bits per heavy atom. The zero-order valence-corrected chi connectivity index (χ0v) is 25.8. The van der Waals surface area contributed by atoms with Crippen molar-refractivity contribution in [1.29, 1.82) is 0 Å². The van der Waals surface area contributed by atoms with E-state index in [1.165, 1.54) is 6.07 Å². The monoisotopic (exact) mass is 684 g/mol. The molecule has 3 saturated heterocycles. The number of aromatic nitrogens is 4. The normalized spacial score (nSPS) is 18.0. The number of ether oxygens (including phenoxy) is 2. The molecule has 0 saturated carbocycles. The average Bonchev–Trinajstić information content (AvgIpc) is 3.39. The largest absolute Gasteiger partial charge is 0.490 e. The van der Waals surface area contributed by atoms with Crippen molar-refractivity contribution in [3.8, 4) is 22.8 Å². The lowest BCUT2D eigenvalue weighted by Gasteiger charge is -2.56. The van der Waals surface area contributed by atoms with Crippen molar-refractivity contribution in [3.63, 3.8) is 0 Å². The maximum absolute atomic E-state index is 12.4. The number of anilines is 1. The van der Waals surface area contributed by atoms with Gasteiger partial charge in [0.1, 0.15) is 18.2 Å². The number of fused-ring (bicyclic) bond motifs is 3. The van der Waals surface area contributed by atoms with E-state index in [-0.39, 0.29) is 12.5 Å². The number of alkyl halides is 5. The Morgan fingerprint density at radius 3 is 2.34 bits per heavy atom. The molecule has 252 valence electrons. The topological polar surface area (TPSA) is 126 Å². The summed E-state index contributed by atoms with van der Waals surface area (Å²) in [5.41, 5.74) is 2.45. The molecule has 2 bridgehead atoms. The van der Waals surface area contributed by atoms with Crippen LogP contribution in [0.4, 0.5) is 27.8 Å². The number of hydrogen-bond donors (Lipinski definition) is 2. The molecule has 7 rings (SSSR count). The average molecular weight is 685 g/mol. The minimum absolute atomic E-state index is 0.0761. The molecular formula is C30H30ClF5N6O5. The van der Waals surface area contributed by atoms with Crippen molar-refractivity contribution >= 4 is 28.9 Å². The van der Waals surface area contributed by atoms with Gasteiger partial charge in [0.15, 0.2) is 0 Å². The second-order valence-electron chi connectivity index (χ2n) is 11.7. The first-order valence-electron chi connectivity index (χ1n) is 14.3. The van der Waals surface area contributed by atoms with Gasteiger partial charge >= 0.3 is 18.8 Å². The van der Waals surface area contributed by atoms with E-state index in [2.05, 4.69) is 24.6 Å². The summed E-state index contributed by atoms with van der Waals surface area (Å²) >= 11 is 6.47. The molecule has 7 heterocycles. The second kappa shape index (κ2) is 13.4. The summed E-state index contributed by atoms with van der Waals surface area (Å²) in [5.74, 6) is -1.37. The fourth-order valence-corrected chi connectivity index (χ4v) is 5.59. The van der Waals surface area contributed by atoms with Crippen molar-refractivity contribution in [3.05, 3.63) is 65.7 Å². The number of pyridine rings is 3. The third-order valence-corrected chi connectivity index (χ3v) is 7.75. The van der Waals surface area contributed by atoms with Crippen LogP contribution in [0.5, 0.6) is 11.6 Å². The van der Waals surface area contributed by atoms with Crippen LogP contribution in [0.3, 0.4) is 0 Å². The first kappa shape index (κ1) is 34.1. The Balaban J connectivity index is 0.000000559. The smallest absolute Gasteiger partial charge is 0.489 e. The SMILES string of the molecule is CC(C)(O)COc1cc(-c2ccc(N3CC4CC(C3)N4Cc3ccc(OC(F)F)nc3)nc2)c2c(Cl)cnn2c1.O=C(O)C(F)(F)F. The van der Waals surface area contributed by atoms with Crippen LogP contribution in [-0.4, -0.2) is 90.8 Å². The van der Waals surface area contributed by atoms with Crippen molar-refractivity contribution in [2.45, 2.75) is 57.3 Å². The van der Waals surface area contributed by atoms with Gasteiger partial charge in [0.25, 0.3) is 0 Å². The number of carboxylic acid groups (broad SMARTS) is 1. The van der Waals surface area contributed by atoms with Crippen LogP contribution in [-0.2, 0) is 11.3 Å².